The average Bonchev–Trinajstić information content (AvgIpc) is 2.80. The van der Waals surface area contributed by atoms with Gasteiger partial charge in [-0.1, -0.05) is 46.3 Å². The number of hydrogen-bond donors (Lipinski definition) is 2. The third kappa shape index (κ3) is 5.39. The first kappa shape index (κ1) is 22.1. The third-order valence-electron chi connectivity index (χ3n) is 5.31. The minimum atomic E-state index is -0.698. The fraction of sp³-hybridized carbons (Fsp3) is 0.192. The van der Waals surface area contributed by atoms with Gasteiger partial charge in [0, 0.05) is 40.1 Å². The summed E-state index contributed by atoms with van der Waals surface area (Å²) in [5, 5.41) is 14.3. The number of ether oxygens (including phenoxy) is 1. The zero-order valence-corrected chi connectivity index (χ0v) is 19.3. The van der Waals surface area contributed by atoms with Crippen molar-refractivity contribution in [2.75, 3.05) is 18.5 Å². The molecule has 6 heteroatoms. The van der Waals surface area contributed by atoms with Crippen molar-refractivity contribution in [1.29, 1.82) is 0 Å². The molecular formula is C26H24BrNO4. The van der Waals surface area contributed by atoms with Crippen LogP contribution in [0.5, 0.6) is 5.75 Å². The number of halogens is 1. The summed E-state index contributed by atoms with van der Waals surface area (Å²) in [5.41, 5.74) is 3.69. The SMILES string of the molecule is Cc1c(Cc2ccccc2)c(=O)oc2cc(OCC(O)CNc3ccc(Br)cc3)ccc12. The van der Waals surface area contributed by atoms with Gasteiger partial charge in [0.05, 0.1) is 0 Å². The Morgan fingerprint density at radius 3 is 2.56 bits per heavy atom. The van der Waals surface area contributed by atoms with Crippen LogP contribution in [0.1, 0.15) is 16.7 Å². The van der Waals surface area contributed by atoms with Crippen molar-refractivity contribution >= 4 is 32.6 Å². The van der Waals surface area contributed by atoms with Crippen molar-refractivity contribution in [3.05, 3.63) is 104 Å². The number of fused-ring (bicyclic) bond motifs is 1. The molecule has 2 N–H and O–H groups in total. The Labute approximate surface area is 194 Å². The fourth-order valence-electron chi connectivity index (χ4n) is 3.52. The molecule has 0 aliphatic heterocycles. The van der Waals surface area contributed by atoms with E-state index in [4.69, 9.17) is 9.15 Å². The fourth-order valence-corrected chi connectivity index (χ4v) is 3.79. The Hall–Kier alpha value is -3.09. The monoisotopic (exact) mass is 493 g/mol. The number of benzene rings is 3. The largest absolute Gasteiger partial charge is 0.491 e. The predicted octanol–water partition coefficient (Wildman–Crippen LogP) is 5.31. The lowest BCUT2D eigenvalue weighted by molar-refractivity contribution is 0.117. The highest BCUT2D eigenvalue weighted by atomic mass is 79.9. The molecule has 4 rings (SSSR count). The smallest absolute Gasteiger partial charge is 0.340 e. The Balaban J connectivity index is 1.42. The van der Waals surface area contributed by atoms with Gasteiger partial charge in [0.1, 0.15) is 24.0 Å². The number of aryl methyl sites for hydroxylation is 1. The zero-order chi connectivity index (χ0) is 22.5. The van der Waals surface area contributed by atoms with Crippen molar-refractivity contribution in [3.63, 3.8) is 0 Å². The van der Waals surface area contributed by atoms with Crippen molar-refractivity contribution in [3.8, 4) is 5.75 Å². The van der Waals surface area contributed by atoms with E-state index in [-0.39, 0.29) is 12.2 Å². The lowest BCUT2D eigenvalue weighted by atomic mass is 10.00. The highest BCUT2D eigenvalue weighted by Crippen LogP contribution is 2.25. The standard InChI is InChI=1S/C26H24BrNO4/c1-17-23-12-11-22(31-16-21(29)15-28-20-9-7-19(27)8-10-20)14-25(23)32-26(30)24(17)13-18-5-3-2-4-6-18/h2-12,14,21,28-29H,13,15-16H2,1H3. The molecule has 4 aromatic rings. The lowest BCUT2D eigenvalue weighted by Crippen LogP contribution is -2.26. The molecule has 0 spiro atoms. The summed E-state index contributed by atoms with van der Waals surface area (Å²) in [6, 6.07) is 23.0. The molecular weight excluding hydrogens is 470 g/mol. The van der Waals surface area contributed by atoms with E-state index in [1.54, 1.807) is 6.07 Å². The summed E-state index contributed by atoms with van der Waals surface area (Å²) >= 11 is 3.40. The molecule has 1 aromatic heterocycles. The molecule has 5 nitrogen and oxygen atoms in total. The molecule has 0 fully saturated rings. The van der Waals surface area contributed by atoms with E-state index < -0.39 is 6.10 Å². The molecule has 32 heavy (non-hydrogen) atoms. The van der Waals surface area contributed by atoms with Crippen LogP contribution in [0.25, 0.3) is 11.0 Å². The average molecular weight is 494 g/mol. The Bertz CT molecular complexity index is 1250. The van der Waals surface area contributed by atoms with Crippen LogP contribution in [0.2, 0.25) is 0 Å². The van der Waals surface area contributed by atoms with Gasteiger partial charge in [-0.15, -0.1) is 0 Å². The van der Waals surface area contributed by atoms with Gasteiger partial charge in [-0.2, -0.15) is 0 Å². The number of rotatable bonds is 8. The van der Waals surface area contributed by atoms with Crippen molar-refractivity contribution in [2.45, 2.75) is 19.4 Å². The van der Waals surface area contributed by atoms with E-state index in [9.17, 15) is 9.90 Å². The molecule has 0 aliphatic rings. The highest BCUT2D eigenvalue weighted by Gasteiger charge is 2.13. The summed E-state index contributed by atoms with van der Waals surface area (Å²) in [4.78, 5) is 12.6. The first-order valence-corrected chi connectivity index (χ1v) is 11.2. The maximum Gasteiger partial charge on any atom is 0.340 e. The van der Waals surface area contributed by atoms with Crippen molar-refractivity contribution in [1.82, 2.24) is 0 Å². The van der Waals surface area contributed by atoms with E-state index in [1.807, 2.05) is 73.7 Å². The van der Waals surface area contributed by atoms with Crippen LogP contribution in [-0.4, -0.2) is 24.4 Å². The second-order valence-corrected chi connectivity index (χ2v) is 8.58. The highest BCUT2D eigenvalue weighted by molar-refractivity contribution is 9.10. The van der Waals surface area contributed by atoms with Gasteiger partial charge in [-0.05, 0) is 54.4 Å². The van der Waals surface area contributed by atoms with Gasteiger partial charge in [0.25, 0.3) is 0 Å². The Kier molecular flexibility index (Phi) is 6.93. The second-order valence-electron chi connectivity index (χ2n) is 7.67. The molecule has 1 atom stereocenters. The normalized spacial score (nSPS) is 12.0. The van der Waals surface area contributed by atoms with Crippen LogP contribution in [0, 0.1) is 6.92 Å². The van der Waals surface area contributed by atoms with Crippen LogP contribution in [0.4, 0.5) is 5.69 Å². The van der Waals surface area contributed by atoms with Crippen LogP contribution >= 0.6 is 15.9 Å². The number of aliphatic hydroxyl groups excluding tert-OH is 1. The van der Waals surface area contributed by atoms with Gasteiger partial charge < -0.3 is 19.6 Å². The maximum atomic E-state index is 12.6. The molecule has 3 aromatic carbocycles. The molecule has 0 amide bonds. The quantitative estimate of drug-likeness (QED) is 0.325. The Morgan fingerprint density at radius 1 is 1.06 bits per heavy atom. The predicted molar refractivity (Wildman–Crippen MR) is 131 cm³/mol. The van der Waals surface area contributed by atoms with Crippen LogP contribution in [0.3, 0.4) is 0 Å². The van der Waals surface area contributed by atoms with Crippen molar-refractivity contribution in [2.24, 2.45) is 0 Å². The first-order valence-electron chi connectivity index (χ1n) is 10.4. The minimum Gasteiger partial charge on any atom is -0.491 e. The number of anilines is 1. The van der Waals surface area contributed by atoms with E-state index >= 15 is 0 Å². The van der Waals surface area contributed by atoms with E-state index in [1.165, 1.54) is 0 Å². The molecule has 0 aliphatic carbocycles. The van der Waals surface area contributed by atoms with Crippen molar-refractivity contribution < 1.29 is 14.3 Å². The van der Waals surface area contributed by atoms with Gasteiger partial charge in [0.15, 0.2) is 0 Å². The summed E-state index contributed by atoms with van der Waals surface area (Å²) < 4.78 is 12.3. The summed E-state index contributed by atoms with van der Waals surface area (Å²) in [5.74, 6) is 0.540. The molecule has 0 radical (unpaired) electrons. The molecule has 1 unspecified atom stereocenters. The summed E-state index contributed by atoms with van der Waals surface area (Å²) in [7, 11) is 0. The van der Waals surface area contributed by atoms with Crippen LogP contribution < -0.4 is 15.7 Å². The third-order valence-corrected chi connectivity index (χ3v) is 5.84. The number of aliphatic hydroxyl groups is 1. The van der Waals surface area contributed by atoms with E-state index in [2.05, 4.69) is 21.2 Å². The van der Waals surface area contributed by atoms with E-state index in [0.717, 1.165) is 26.7 Å². The van der Waals surface area contributed by atoms with Gasteiger partial charge in [-0.3, -0.25) is 0 Å². The first-order chi connectivity index (χ1) is 15.5. The van der Waals surface area contributed by atoms with Crippen LogP contribution in [-0.2, 0) is 6.42 Å². The number of nitrogens with one attached hydrogen (secondary N) is 1. The summed E-state index contributed by atoms with van der Waals surface area (Å²) in [6.07, 6.45) is -0.169. The molecule has 0 saturated heterocycles. The lowest BCUT2D eigenvalue weighted by Gasteiger charge is -2.15. The van der Waals surface area contributed by atoms with Crippen LogP contribution in [0.15, 0.2) is 86.5 Å². The zero-order valence-electron chi connectivity index (χ0n) is 17.7. The molecule has 0 bridgehead atoms. The molecule has 1 heterocycles. The minimum absolute atomic E-state index is 0.115. The maximum absolute atomic E-state index is 12.6. The summed E-state index contributed by atoms with van der Waals surface area (Å²) in [6.45, 7) is 2.41. The molecule has 0 saturated carbocycles. The van der Waals surface area contributed by atoms with Gasteiger partial charge in [0.2, 0.25) is 0 Å². The van der Waals surface area contributed by atoms with E-state index in [0.29, 0.717) is 29.9 Å². The second kappa shape index (κ2) is 10.0. The topological polar surface area (TPSA) is 71.7 Å². The van der Waals surface area contributed by atoms with Gasteiger partial charge in [-0.25, -0.2) is 4.79 Å². The van der Waals surface area contributed by atoms with Gasteiger partial charge >= 0.3 is 5.63 Å². The Morgan fingerprint density at radius 2 is 1.81 bits per heavy atom. The molecule has 164 valence electrons. The number of hydrogen-bond acceptors (Lipinski definition) is 5.